The van der Waals surface area contributed by atoms with Gasteiger partial charge in [0.1, 0.15) is 0 Å². The first-order valence-corrected chi connectivity index (χ1v) is 11.4. The molecule has 0 unspecified atom stereocenters. The van der Waals surface area contributed by atoms with E-state index in [-0.39, 0.29) is 0 Å². The molecule has 0 spiro atoms. The lowest BCUT2D eigenvalue weighted by molar-refractivity contribution is 1.08. The quantitative estimate of drug-likeness (QED) is 0.275. The maximum atomic E-state index is 6.25. The average molecular weight is 450 g/mol. The summed E-state index contributed by atoms with van der Waals surface area (Å²) >= 11 is 7.98. The first kappa shape index (κ1) is 19.1. The minimum Gasteiger partial charge on any atom is -0.208 e. The van der Waals surface area contributed by atoms with Crippen molar-refractivity contribution in [3.05, 3.63) is 102 Å². The molecule has 0 fully saturated rings. The Bertz CT molecular complexity index is 1520. The fourth-order valence-electron chi connectivity index (χ4n) is 3.91. The first-order chi connectivity index (χ1) is 15.8. The van der Waals surface area contributed by atoms with Crippen molar-refractivity contribution in [3.8, 4) is 34.2 Å². The van der Waals surface area contributed by atoms with Crippen LogP contribution in [-0.4, -0.2) is 15.0 Å². The third kappa shape index (κ3) is 3.34. The van der Waals surface area contributed by atoms with Crippen LogP contribution in [0, 0.1) is 0 Å². The predicted octanol–water partition coefficient (Wildman–Crippen LogP) is 7.89. The van der Waals surface area contributed by atoms with E-state index in [1.54, 1.807) is 11.3 Å². The Morgan fingerprint density at radius 3 is 1.84 bits per heavy atom. The molecule has 4 aromatic carbocycles. The average Bonchev–Trinajstić information content (AvgIpc) is 3.22. The molecule has 0 atom stereocenters. The monoisotopic (exact) mass is 449 g/mol. The van der Waals surface area contributed by atoms with Gasteiger partial charge in [-0.05, 0) is 18.2 Å². The van der Waals surface area contributed by atoms with Gasteiger partial charge in [-0.2, -0.15) is 0 Å². The molecule has 2 heterocycles. The van der Waals surface area contributed by atoms with Gasteiger partial charge in [0, 0.05) is 41.9 Å². The molecule has 0 saturated heterocycles. The number of halogens is 1. The van der Waals surface area contributed by atoms with E-state index in [4.69, 9.17) is 26.6 Å². The van der Waals surface area contributed by atoms with E-state index < -0.39 is 0 Å². The highest BCUT2D eigenvalue weighted by molar-refractivity contribution is 7.26. The zero-order valence-corrected chi connectivity index (χ0v) is 18.4. The summed E-state index contributed by atoms with van der Waals surface area (Å²) < 4.78 is 2.34. The zero-order chi connectivity index (χ0) is 21.5. The van der Waals surface area contributed by atoms with Crippen LogP contribution < -0.4 is 0 Å². The normalized spacial score (nSPS) is 11.3. The maximum Gasteiger partial charge on any atom is 0.164 e. The van der Waals surface area contributed by atoms with E-state index in [1.165, 1.54) is 4.70 Å². The van der Waals surface area contributed by atoms with Gasteiger partial charge >= 0.3 is 0 Å². The minimum atomic E-state index is 0.661. The summed E-state index contributed by atoms with van der Waals surface area (Å²) in [5.74, 6) is 1.99. The third-order valence-corrected chi connectivity index (χ3v) is 6.75. The Morgan fingerprint density at radius 2 is 1.19 bits per heavy atom. The van der Waals surface area contributed by atoms with Crippen molar-refractivity contribution >= 4 is 43.1 Å². The van der Waals surface area contributed by atoms with Gasteiger partial charge in [0.25, 0.3) is 0 Å². The van der Waals surface area contributed by atoms with Gasteiger partial charge in [0.15, 0.2) is 17.5 Å². The molecule has 32 heavy (non-hydrogen) atoms. The Kier molecular flexibility index (Phi) is 4.67. The van der Waals surface area contributed by atoms with Gasteiger partial charge in [-0.1, -0.05) is 90.5 Å². The van der Waals surface area contributed by atoms with E-state index in [9.17, 15) is 0 Å². The van der Waals surface area contributed by atoms with E-state index in [1.807, 2.05) is 72.8 Å². The van der Waals surface area contributed by atoms with Crippen molar-refractivity contribution < 1.29 is 0 Å². The summed E-state index contributed by atoms with van der Waals surface area (Å²) in [6.07, 6.45) is 0. The molecule has 3 nitrogen and oxygen atoms in total. The van der Waals surface area contributed by atoms with Crippen LogP contribution in [0.4, 0.5) is 0 Å². The van der Waals surface area contributed by atoms with E-state index >= 15 is 0 Å². The molecule has 5 heteroatoms. The fourth-order valence-corrected chi connectivity index (χ4v) is 5.32. The Labute approximate surface area is 194 Å². The van der Waals surface area contributed by atoms with Crippen molar-refractivity contribution in [2.24, 2.45) is 0 Å². The van der Waals surface area contributed by atoms with E-state index in [0.29, 0.717) is 17.5 Å². The molecular formula is C27H16ClN3S. The lowest BCUT2D eigenvalue weighted by atomic mass is 10.1. The largest absolute Gasteiger partial charge is 0.208 e. The lowest BCUT2D eigenvalue weighted by Gasteiger charge is -2.09. The molecule has 0 N–H and O–H groups in total. The van der Waals surface area contributed by atoms with Crippen LogP contribution in [0.3, 0.4) is 0 Å². The SMILES string of the molecule is Clc1ccc2c(c1)sc1cccc(-c3nc(-c4ccccc4)nc(-c4ccccc4)n3)c12. The highest BCUT2D eigenvalue weighted by atomic mass is 35.5. The van der Waals surface area contributed by atoms with Crippen molar-refractivity contribution in [1.29, 1.82) is 0 Å². The summed E-state index contributed by atoms with van der Waals surface area (Å²) in [6, 6.07) is 32.4. The molecule has 0 aliphatic carbocycles. The van der Waals surface area contributed by atoms with Crippen LogP contribution in [-0.2, 0) is 0 Å². The van der Waals surface area contributed by atoms with E-state index in [2.05, 4.69) is 24.3 Å². The van der Waals surface area contributed by atoms with Crippen molar-refractivity contribution in [2.45, 2.75) is 0 Å². The van der Waals surface area contributed by atoms with E-state index in [0.717, 1.165) is 37.2 Å². The number of benzene rings is 4. The van der Waals surface area contributed by atoms with Gasteiger partial charge < -0.3 is 0 Å². The molecule has 0 aliphatic heterocycles. The molecule has 6 rings (SSSR count). The van der Waals surface area contributed by atoms with Crippen molar-refractivity contribution in [3.63, 3.8) is 0 Å². The number of thiophene rings is 1. The number of hydrogen-bond acceptors (Lipinski definition) is 4. The van der Waals surface area contributed by atoms with Gasteiger partial charge in [0.2, 0.25) is 0 Å². The minimum absolute atomic E-state index is 0.661. The van der Waals surface area contributed by atoms with Crippen LogP contribution in [0.25, 0.3) is 54.3 Å². The van der Waals surface area contributed by atoms with Gasteiger partial charge in [-0.25, -0.2) is 15.0 Å². The van der Waals surface area contributed by atoms with Crippen LogP contribution in [0.5, 0.6) is 0 Å². The third-order valence-electron chi connectivity index (χ3n) is 5.40. The van der Waals surface area contributed by atoms with Crippen LogP contribution in [0.15, 0.2) is 97.1 Å². The molecule has 0 radical (unpaired) electrons. The molecule has 2 aromatic heterocycles. The summed E-state index contributed by atoms with van der Waals surface area (Å²) in [7, 11) is 0. The smallest absolute Gasteiger partial charge is 0.164 e. The van der Waals surface area contributed by atoms with Crippen LogP contribution in [0.2, 0.25) is 5.02 Å². The van der Waals surface area contributed by atoms with Gasteiger partial charge in [0.05, 0.1) is 0 Å². The standard InChI is InChI=1S/C27H16ClN3S/c28-19-14-15-20-23(16-19)32-22-13-7-12-21(24(20)22)27-30-25(17-8-3-1-4-9-17)29-26(31-27)18-10-5-2-6-11-18/h1-16H. The molecule has 0 aliphatic rings. The maximum absolute atomic E-state index is 6.25. The fraction of sp³-hybridized carbons (Fsp3) is 0. The van der Waals surface area contributed by atoms with Crippen LogP contribution in [0.1, 0.15) is 0 Å². The number of rotatable bonds is 3. The number of hydrogen-bond donors (Lipinski definition) is 0. The topological polar surface area (TPSA) is 38.7 Å². The molecular weight excluding hydrogens is 434 g/mol. The lowest BCUT2D eigenvalue weighted by Crippen LogP contribution is -2.00. The summed E-state index contributed by atoms with van der Waals surface area (Å²) in [6.45, 7) is 0. The number of aromatic nitrogens is 3. The zero-order valence-electron chi connectivity index (χ0n) is 16.9. The van der Waals surface area contributed by atoms with Crippen molar-refractivity contribution in [2.75, 3.05) is 0 Å². The van der Waals surface area contributed by atoms with Crippen molar-refractivity contribution in [1.82, 2.24) is 15.0 Å². The Hall–Kier alpha value is -3.60. The second-order valence-electron chi connectivity index (χ2n) is 7.46. The van der Waals surface area contributed by atoms with Gasteiger partial charge in [-0.3, -0.25) is 0 Å². The second-order valence-corrected chi connectivity index (χ2v) is 8.98. The first-order valence-electron chi connectivity index (χ1n) is 10.2. The highest BCUT2D eigenvalue weighted by Crippen LogP contribution is 2.40. The highest BCUT2D eigenvalue weighted by Gasteiger charge is 2.16. The summed E-state index contributed by atoms with van der Waals surface area (Å²) in [5.41, 5.74) is 2.91. The molecule has 152 valence electrons. The molecule has 6 aromatic rings. The van der Waals surface area contributed by atoms with Crippen LogP contribution >= 0.6 is 22.9 Å². The summed E-state index contributed by atoms with van der Waals surface area (Å²) in [4.78, 5) is 14.6. The Balaban J connectivity index is 1.65. The molecule has 0 amide bonds. The number of fused-ring (bicyclic) bond motifs is 3. The molecule has 0 saturated carbocycles. The number of nitrogens with zero attached hydrogens (tertiary/aromatic N) is 3. The summed E-state index contributed by atoms with van der Waals surface area (Å²) in [5, 5.41) is 3.05. The predicted molar refractivity (Wildman–Crippen MR) is 134 cm³/mol. The molecule has 0 bridgehead atoms. The Morgan fingerprint density at radius 1 is 0.562 bits per heavy atom. The second kappa shape index (κ2) is 7.83. The van der Waals surface area contributed by atoms with Gasteiger partial charge in [-0.15, -0.1) is 11.3 Å².